The van der Waals surface area contributed by atoms with Gasteiger partial charge in [-0.05, 0) is 18.2 Å². The van der Waals surface area contributed by atoms with Gasteiger partial charge in [0.1, 0.15) is 12.9 Å². The van der Waals surface area contributed by atoms with Crippen molar-refractivity contribution in [3.05, 3.63) is 50.9 Å². The molecule has 0 unspecified atom stereocenters. The zero-order valence-electron chi connectivity index (χ0n) is 10.8. The molecule has 0 atom stereocenters. The summed E-state index contributed by atoms with van der Waals surface area (Å²) in [6.45, 7) is 0.0951. The van der Waals surface area contributed by atoms with Gasteiger partial charge in [-0.15, -0.1) is 10.2 Å². The third-order valence-electron chi connectivity index (χ3n) is 2.80. The summed E-state index contributed by atoms with van der Waals surface area (Å²) in [7, 11) is 1.61. The Bertz CT molecular complexity index is 851. The molecule has 0 N–H and O–H groups in total. The number of nitrogens with zero attached hydrogens (tertiary/aromatic N) is 5. The fraction of sp³-hybridized carbons (Fsp3) is 0.167. The van der Waals surface area contributed by atoms with E-state index in [4.69, 9.17) is 27.6 Å². The van der Waals surface area contributed by atoms with Crippen molar-refractivity contribution in [2.24, 2.45) is 7.05 Å². The summed E-state index contributed by atoms with van der Waals surface area (Å²) in [4.78, 5) is 11.7. The lowest BCUT2D eigenvalue weighted by molar-refractivity contribution is 0.467. The number of halogens is 2. The molecule has 0 spiro atoms. The van der Waals surface area contributed by atoms with E-state index in [0.717, 1.165) is 0 Å². The van der Waals surface area contributed by atoms with Gasteiger partial charge in [-0.3, -0.25) is 4.57 Å². The van der Waals surface area contributed by atoms with E-state index in [-0.39, 0.29) is 24.0 Å². The van der Waals surface area contributed by atoms with Gasteiger partial charge in [0.2, 0.25) is 11.8 Å². The minimum Gasteiger partial charge on any atom is -0.419 e. The molecule has 1 aromatic carbocycles. The van der Waals surface area contributed by atoms with Gasteiger partial charge in [0.25, 0.3) is 0 Å². The highest BCUT2D eigenvalue weighted by atomic mass is 35.5. The van der Waals surface area contributed by atoms with Crippen molar-refractivity contribution in [3.8, 4) is 11.5 Å². The highest BCUT2D eigenvalue weighted by Gasteiger charge is 2.14. The molecule has 0 radical (unpaired) electrons. The van der Waals surface area contributed by atoms with Crippen molar-refractivity contribution < 1.29 is 4.42 Å². The van der Waals surface area contributed by atoms with Crippen LogP contribution < -0.4 is 5.69 Å². The van der Waals surface area contributed by atoms with Crippen LogP contribution in [0, 0.1) is 0 Å². The van der Waals surface area contributed by atoms with Crippen LogP contribution in [0.25, 0.3) is 11.5 Å². The topological polar surface area (TPSA) is 78.7 Å². The third-order valence-corrected chi connectivity index (χ3v) is 3.35. The Labute approximate surface area is 128 Å². The summed E-state index contributed by atoms with van der Waals surface area (Å²) in [6.07, 6.45) is 1.41. The first-order valence-electron chi connectivity index (χ1n) is 5.91. The van der Waals surface area contributed by atoms with Crippen molar-refractivity contribution in [1.29, 1.82) is 0 Å². The lowest BCUT2D eigenvalue weighted by Crippen LogP contribution is -2.23. The quantitative estimate of drug-likeness (QED) is 0.735. The van der Waals surface area contributed by atoms with Crippen LogP contribution in [0.1, 0.15) is 5.89 Å². The zero-order valence-corrected chi connectivity index (χ0v) is 12.3. The molecule has 0 aliphatic carbocycles. The Kier molecular flexibility index (Phi) is 3.52. The molecule has 0 aliphatic rings. The molecule has 108 valence electrons. The van der Waals surface area contributed by atoms with Crippen LogP contribution in [0.3, 0.4) is 0 Å². The fourth-order valence-electron chi connectivity index (χ4n) is 1.75. The van der Waals surface area contributed by atoms with Gasteiger partial charge < -0.3 is 4.42 Å². The average Bonchev–Trinajstić information content (AvgIpc) is 3.01. The van der Waals surface area contributed by atoms with Crippen molar-refractivity contribution in [2.45, 2.75) is 6.54 Å². The smallest absolute Gasteiger partial charge is 0.345 e. The van der Waals surface area contributed by atoms with Gasteiger partial charge in [-0.25, -0.2) is 9.48 Å². The maximum Gasteiger partial charge on any atom is 0.345 e. The Hall–Kier alpha value is -2.12. The summed E-state index contributed by atoms with van der Waals surface area (Å²) in [5.74, 6) is 0.521. The molecule has 0 bridgehead atoms. The first-order valence-corrected chi connectivity index (χ1v) is 6.66. The van der Waals surface area contributed by atoms with Gasteiger partial charge in [0, 0.05) is 12.1 Å². The molecule has 0 saturated carbocycles. The van der Waals surface area contributed by atoms with Crippen molar-refractivity contribution >= 4 is 23.2 Å². The molecule has 2 heterocycles. The molecule has 0 fully saturated rings. The lowest BCUT2D eigenvalue weighted by atomic mass is 10.2. The van der Waals surface area contributed by atoms with Crippen molar-refractivity contribution in [2.75, 3.05) is 0 Å². The van der Waals surface area contributed by atoms with Crippen LogP contribution in [-0.4, -0.2) is 24.5 Å². The third kappa shape index (κ3) is 2.70. The van der Waals surface area contributed by atoms with Crippen LogP contribution in [0.4, 0.5) is 0 Å². The number of benzene rings is 1. The van der Waals surface area contributed by atoms with Crippen LogP contribution >= 0.6 is 23.2 Å². The predicted molar refractivity (Wildman–Crippen MR) is 76.3 cm³/mol. The SMILES string of the molecule is Cn1cnn(Cc2nnc(-c3ccc(Cl)cc3Cl)o2)c1=O. The Morgan fingerprint density at radius 2 is 2.10 bits per heavy atom. The Balaban J connectivity index is 1.90. The molecule has 0 aliphatic heterocycles. The zero-order chi connectivity index (χ0) is 15.0. The van der Waals surface area contributed by atoms with Crippen molar-refractivity contribution in [3.63, 3.8) is 0 Å². The van der Waals surface area contributed by atoms with E-state index in [0.29, 0.717) is 15.6 Å². The molecule has 3 rings (SSSR count). The first-order chi connectivity index (χ1) is 10.0. The second-order valence-corrected chi connectivity index (χ2v) is 5.15. The number of rotatable bonds is 3. The maximum absolute atomic E-state index is 11.7. The normalized spacial score (nSPS) is 11.0. The van der Waals surface area contributed by atoms with E-state index >= 15 is 0 Å². The number of hydrogen-bond donors (Lipinski definition) is 0. The highest BCUT2D eigenvalue weighted by molar-refractivity contribution is 6.36. The van der Waals surface area contributed by atoms with E-state index in [9.17, 15) is 4.79 Å². The van der Waals surface area contributed by atoms with E-state index in [1.165, 1.54) is 15.6 Å². The van der Waals surface area contributed by atoms with Gasteiger partial charge in [0.15, 0.2) is 0 Å². The van der Waals surface area contributed by atoms with Crippen LogP contribution in [0.2, 0.25) is 10.0 Å². The summed E-state index contributed by atoms with van der Waals surface area (Å²) >= 11 is 11.9. The molecule has 7 nitrogen and oxygen atoms in total. The average molecular weight is 326 g/mol. The molecule has 9 heteroatoms. The first kappa shape index (κ1) is 13.8. The van der Waals surface area contributed by atoms with Gasteiger partial charge in [-0.1, -0.05) is 23.2 Å². The molecule has 3 aromatic rings. The van der Waals surface area contributed by atoms with Gasteiger partial charge in [0.05, 0.1) is 10.6 Å². The second kappa shape index (κ2) is 5.34. The minimum atomic E-state index is -0.265. The van der Waals surface area contributed by atoms with Gasteiger partial charge in [-0.2, -0.15) is 5.10 Å². The highest BCUT2D eigenvalue weighted by Crippen LogP contribution is 2.29. The number of aryl methyl sites for hydroxylation is 1. The monoisotopic (exact) mass is 325 g/mol. The summed E-state index contributed by atoms with van der Waals surface area (Å²) in [5, 5.41) is 12.6. The number of aromatic nitrogens is 5. The van der Waals surface area contributed by atoms with E-state index in [1.54, 1.807) is 25.2 Å². The van der Waals surface area contributed by atoms with Crippen LogP contribution in [0.15, 0.2) is 33.7 Å². The van der Waals surface area contributed by atoms with E-state index in [2.05, 4.69) is 15.3 Å². The Morgan fingerprint density at radius 1 is 1.29 bits per heavy atom. The summed E-state index contributed by atoms with van der Waals surface area (Å²) < 4.78 is 8.08. The second-order valence-electron chi connectivity index (χ2n) is 4.31. The van der Waals surface area contributed by atoms with Crippen LogP contribution in [0.5, 0.6) is 0 Å². The Morgan fingerprint density at radius 3 is 2.76 bits per heavy atom. The van der Waals surface area contributed by atoms with Crippen LogP contribution in [-0.2, 0) is 13.6 Å². The standard InChI is InChI=1S/C12H9Cl2N5O2/c1-18-6-15-19(12(18)20)5-10-16-17-11(21-10)8-3-2-7(13)4-9(8)14/h2-4,6H,5H2,1H3. The van der Waals surface area contributed by atoms with E-state index < -0.39 is 0 Å². The molecular weight excluding hydrogens is 317 g/mol. The van der Waals surface area contributed by atoms with E-state index in [1.807, 2.05) is 0 Å². The maximum atomic E-state index is 11.7. The largest absolute Gasteiger partial charge is 0.419 e. The summed E-state index contributed by atoms with van der Waals surface area (Å²) in [6, 6.07) is 4.95. The molecule has 0 saturated heterocycles. The molecule has 21 heavy (non-hydrogen) atoms. The lowest BCUT2D eigenvalue weighted by Gasteiger charge is -1.99. The molecule has 0 amide bonds. The predicted octanol–water partition coefficient (Wildman–Crippen LogP) is 1.99. The fourth-order valence-corrected chi connectivity index (χ4v) is 2.24. The number of hydrogen-bond acceptors (Lipinski definition) is 5. The molecular formula is C12H9Cl2N5O2. The van der Waals surface area contributed by atoms with Gasteiger partial charge >= 0.3 is 5.69 Å². The molecule has 2 aromatic heterocycles. The van der Waals surface area contributed by atoms with Crippen molar-refractivity contribution in [1.82, 2.24) is 24.5 Å². The minimum absolute atomic E-state index is 0.0951. The summed E-state index contributed by atoms with van der Waals surface area (Å²) in [5.41, 5.74) is 0.312.